The van der Waals surface area contributed by atoms with Crippen LogP contribution in [0.5, 0.6) is 0 Å². The zero-order valence-corrected chi connectivity index (χ0v) is 8.00. The fourth-order valence-electron chi connectivity index (χ4n) is 0.301. The van der Waals surface area contributed by atoms with Gasteiger partial charge in [0.25, 0.3) is 0 Å². The Morgan fingerprint density at radius 1 is 1.09 bits per heavy atom. The predicted molar refractivity (Wildman–Crippen MR) is 47.3 cm³/mol. The molecule has 1 rings (SSSR count). The Kier molecular flexibility index (Phi) is 13.5. The maximum absolute atomic E-state index is 3.62. The van der Waals surface area contributed by atoms with Gasteiger partial charge in [0.05, 0.1) is 11.9 Å². The van der Waals surface area contributed by atoms with Gasteiger partial charge in [0, 0.05) is 0 Å². The third-order valence-corrected chi connectivity index (χ3v) is 0.637. The van der Waals surface area contributed by atoms with E-state index >= 15 is 0 Å². The van der Waals surface area contributed by atoms with E-state index in [0.717, 1.165) is 5.69 Å². The van der Waals surface area contributed by atoms with Crippen molar-refractivity contribution in [2.75, 3.05) is 0 Å². The van der Waals surface area contributed by atoms with Crippen molar-refractivity contribution in [1.29, 1.82) is 0 Å². The van der Waals surface area contributed by atoms with Crippen LogP contribution in [0.3, 0.4) is 0 Å². The minimum absolute atomic E-state index is 0.898. The second-order valence-electron chi connectivity index (χ2n) is 1.26. The molecule has 0 spiro atoms. The Morgan fingerprint density at radius 2 is 1.64 bits per heavy atom. The van der Waals surface area contributed by atoms with Crippen molar-refractivity contribution in [1.82, 2.24) is 15.4 Å². The Hall–Kier alpha value is -0.990. The smallest absolute Gasteiger partial charge is 0.0633 e. The lowest BCUT2D eigenvalue weighted by atomic mass is 10.5. The molecule has 3 heteroatoms. The highest BCUT2D eigenvalue weighted by Crippen LogP contribution is 1.79. The van der Waals surface area contributed by atoms with Crippen LogP contribution in [0.2, 0.25) is 0 Å². The van der Waals surface area contributed by atoms with Gasteiger partial charge in [-0.3, -0.25) is 0 Å². The fraction of sp³-hybridized carbons (Fsp3) is 0.625. The molecule has 0 aliphatic heterocycles. The molecule has 0 N–H and O–H groups in total. The highest BCUT2D eigenvalue weighted by Gasteiger charge is 1.76. The van der Waals surface area contributed by atoms with Crippen molar-refractivity contribution in [3.05, 3.63) is 18.0 Å². The van der Waals surface area contributed by atoms with E-state index in [9.17, 15) is 0 Å². The van der Waals surface area contributed by atoms with E-state index in [4.69, 9.17) is 0 Å². The van der Waals surface area contributed by atoms with Gasteiger partial charge < -0.3 is 0 Å². The third-order valence-electron chi connectivity index (χ3n) is 0.637. The van der Waals surface area contributed by atoms with Crippen molar-refractivity contribution in [2.24, 2.45) is 0 Å². The lowest BCUT2D eigenvalue weighted by Gasteiger charge is -1.79. The number of hydrogen-bond donors (Lipinski definition) is 0. The molecule has 3 nitrogen and oxygen atoms in total. The van der Waals surface area contributed by atoms with Gasteiger partial charge >= 0.3 is 0 Å². The van der Waals surface area contributed by atoms with E-state index in [1.54, 1.807) is 12.3 Å². The van der Waals surface area contributed by atoms with Gasteiger partial charge in [-0.1, -0.05) is 27.7 Å². The van der Waals surface area contributed by atoms with E-state index in [2.05, 4.69) is 15.4 Å². The molecule has 0 bridgehead atoms. The lowest BCUT2D eigenvalue weighted by molar-refractivity contribution is 0.839. The Morgan fingerprint density at radius 3 is 1.82 bits per heavy atom. The summed E-state index contributed by atoms with van der Waals surface area (Å²) in [5, 5.41) is 10.5. The quantitative estimate of drug-likeness (QED) is 0.576. The maximum atomic E-state index is 3.62. The first-order valence-electron chi connectivity index (χ1n) is 4.00. The van der Waals surface area contributed by atoms with Crippen LogP contribution in [0.15, 0.2) is 12.3 Å². The SMILES string of the molecule is CC.CC.Cc1ccnnn1. The van der Waals surface area contributed by atoms with Crippen LogP contribution in [0.4, 0.5) is 0 Å². The van der Waals surface area contributed by atoms with Gasteiger partial charge in [0.1, 0.15) is 0 Å². The molecular formula is C8H17N3. The summed E-state index contributed by atoms with van der Waals surface area (Å²) >= 11 is 0. The first-order chi connectivity index (χ1) is 5.39. The monoisotopic (exact) mass is 155 g/mol. The molecule has 0 amide bonds. The molecule has 0 fully saturated rings. The zero-order valence-electron chi connectivity index (χ0n) is 8.00. The largest absolute Gasteiger partial charge is 0.139 e. The van der Waals surface area contributed by atoms with Crippen molar-refractivity contribution in [2.45, 2.75) is 34.6 Å². The van der Waals surface area contributed by atoms with Gasteiger partial charge in [-0.2, -0.15) is 0 Å². The minimum atomic E-state index is 0.898. The van der Waals surface area contributed by atoms with Gasteiger partial charge in [0.15, 0.2) is 0 Å². The summed E-state index contributed by atoms with van der Waals surface area (Å²) in [4.78, 5) is 0. The first kappa shape index (κ1) is 12.7. The molecule has 64 valence electrons. The van der Waals surface area contributed by atoms with Gasteiger partial charge in [0.2, 0.25) is 0 Å². The zero-order chi connectivity index (χ0) is 9.11. The molecule has 0 radical (unpaired) electrons. The van der Waals surface area contributed by atoms with Crippen LogP contribution < -0.4 is 0 Å². The van der Waals surface area contributed by atoms with Crippen LogP contribution in [0.1, 0.15) is 33.4 Å². The molecule has 0 saturated carbocycles. The number of aromatic nitrogens is 3. The van der Waals surface area contributed by atoms with Crippen molar-refractivity contribution in [3.8, 4) is 0 Å². The average molecular weight is 155 g/mol. The Balaban J connectivity index is 0. The maximum Gasteiger partial charge on any atom is 0.0633 e. The third kappa shape index (κ3) is 9.01. The van der Waals surface area contributed by atoms with Crippen LogP contribution >= 0.6 is 0 Å². The molecule has 1 aromatic rings. The van der Waals surface area contributed by atoms with Crippen LogP contribution in [-0.4, -0.2) is 15.4 Å². The van der Waals surface area contributed by atoms with Gasteiger partial charge in [-0.25, -0.2) is 0 Å². The predicted octanol–water partition coefficient (Wildman–Crippen LogP) is 2.23. The van der Waals surface area contributed by atoms with E-state index in [1.165, 1.54) is 0 Å². The normalized spacial score (nSPS) is 6.64. The number of nitrogens with zero attached hydrogens (tertiary/aromatic N) is 3. The summed E-state index contributed by atoms with van der Waals surface area (Å²) in [5.74, 6) is 0. The van der Waals surface area contributed by atoms with Gasteiger partial charge in [-0.15, -0.1) is 10.2 Å². The molecular weight excluding hydrogens is 138 g/mol. The van der Waals surface area contributed by atoms with Crippen molar-refractivity contribution >= 4 is 0 Å². The molecule has 11 heavy (non-hydrogen) atoms. The molecule has 0 atom stereocenters. The van der Waals surface area contributed by atoms with E-state index in [1.807, 2.05) is 34.6 Å². The molecule has 0 saturated heterocycles. The van der Waals surface area contributed by atoms with Crippen molar-refractivity contribution < 1.29 is 0 Å². The van der Waals surface area contributed by atoms with Gasteiger partial charge in [-0.05, 0) is 18.2 Å². The molecule has 0 aromatic carbocycles. The number of rotatable bonds is 0. The summed E-state index contributed by atoms with van der Waals surface area (Å²) in [6.45, 7) is 9.87. The topological polar surface area (TPSA) is 38.7 Å². The molecule has 1 aromatic heterocycles. The second-order valence-corrected chi connectivity index (χ2v) is 1.26. The van der Waals surface area contributed by atoms with E-state index in [-0.39, 0.29) is 0 Å². The fourth-order valence-corrected chi connectivity index (χ4v) is 0.301. The number of aryl methyl sites for hydroxylation is 1. The molecule has 0 aliphatic carbocycles. The summed E-state index contributed by atoms with van der Waals surface area (Å²) in [7, 11) is 0. The summed E-state index contributed by atoms with van der Waals surface area (Å²) in [6.07, 6.45) is 1.61. The number of hydrogen-bond acceptors (Lipinski definition) is 3. The average Bonchev–Trinajstić information content (AvgIpc) is 2.13. The van der Waals surface area contributed by atoms with Crippen LogP contribution in [-0.2, 0) is 0 Å². The van der Waals surface area contributed by atoms with E-state index < -0.39 is 0 Å². The Labute approximate surface area is 68.9 Å². The lowest BCUT2D eigenvalue weighted by Crippen LogP contribution is -1.85. The van der Waals surface area contributed by atoms with Crippen molar-refractivity contribution in [3.63, 3.8) is 0 Å². The van der Waals surface area contributed by atoms with Crippen LogP contribution in [0.25, 0.3) is 0 Å². The summed E-state index contributed by atoms with van der Waals surface area (Å²) < 4.78 is 0. The second kappa shape index (κ2) is 11.8. The first-order valence-corrected chi connectivity index (χ1v) is 4.00. The molecule has 0 unspecified atom stereocenters. The highest BCUT2D eigenvalue weighted by molar-refractivity contribution is 4.89. The van der Waals surface area contributed by atoms with Crippen LogP contribution in [0, 0.1) is 6.92 Å². The summed E-state index contributed by atoms with van der Waals surface area (Å²) in [5.41, 5.74) is 0.898. The standard InChI is InChI=1S/C4H5N3.2C2H6/c1-4-2-3-5-7-6-4;2*1-2/h2-3H,1H3;2*1-2H3. The van der Waals surface area contributed by atoms with E-state index in [0.29, 0.717) is 0 Å². The Bertz CT molecular complexity index is 139. The molecule has 1 heterocycles. The summed E-state index contributed by atoms with van der Waals surface area (Å²) in [6, 6.07) is 1.80. The highest BCUT2D eigenvalue weighted by atomic mass is 15.3. The minimum Gasteiger partial charge on any atom is -0.139 e. The molecule has 0 aliphatic rings.